The van der Waals surface area contributed by atoms with Crippen LogP contribution in [-0.2, 0) is 11.2 Å². The first-order valence-corrected chi connectivity index (χ1v) is 7.47. The molecule has 1 saturated heterocycles. The lowest BCUT2D eigenvalue weighted by Crippen LogP contribution is -2.46. The van der Waals surface area contributed by atoms with Gasteiger partial charge in [0.2, 0.25) is 5.13 Å². The number of morpholine rings is 1. The van der Waals surface area contributed by atoms with Crippen LogP contribution in [0.1, 0.15) is 19.2 Å². The summed E-state index contributed by atoms with van der Waals surface area (Å²) in [6, 6.07) is 0.385. The molecular weight excluding hydrogens is 290 g/mol. The van der Waals surface area contributed by atoms with Crippen LogP contribution in [0.5, 0.6) is 0 Å². The van der Waals surface area contributed by atoms with E-state index in [9.17, 15) is 0 Å². The van der Waals surface area contributed by atoms with Crippen molar-refractivity contribution in [3.63, 3.8) is 0 Å². The molecule has 0 radical (unpaired) electrons. The molecule has 2 rings (SSSR count). The zero-order valence-corrected chi connectivity index (χ0v) is 11.8. The number of ether oxygens (including phenoxy) is 1. The van der Waals surface area contributed by atoms with Gasteiger partial charge in [0.1, 0.15) is 5.82 Å². The van der Waals surface area contributed by atoms with Crippen molar-refractivity contribution in [3.05, 3.63) is 5.82 Å². The highest BCUT2D eigenvalue weighted by molar-refractivity contribution is 9.09. The summed E-state index contributed by atoms with van der Waals surface area (Å²) < 4.78 is 9.85. The number of aromatic nitrogens is 2. The second-order valence-electron chi connectivity index (χ2n) is 3.82. The molecular formula is C10H16BrN3OS. The van der Waals surface area contributed by atoms with Crippen LogP contribution in [0.25, 0.3) is 0 Å². The topological polar surface area (TPSA) is 38.2 Å². The predicted molar refractivity (Wildman–Crippen MR) is 69.7 cm³/mol. The number of halogens is 1. The third kappa shape index (κ3) is 2.73. The van der Waals surface area contributed by atoms with E-state index in [4.69, 9.17) is 4.74 Å². The average molecular weight is 306 g/mol. The van der Waals surface area contributed by atoms with Crippen molar-refractivity contribution in [2.24, 2.45) is 0 Å². The number of hydrogen-bond donors (Lipinski definition) is 0. The Morgan fingerprint density at radius 3 is 3.25 bits per heavy atom. The zero-order valence-electron chi connectivity index (χ0n) is 9.36. The van der Waals surface area contributed by atoms with E-state index in [-0.39, 0.29) is 0 Å². The van der Waals surface area contributed by atoms with Crippen LogP contribution < -0.4 is 4.90 Å². The molecule has 1 atom stereocenters. The lowest BCUT2D eigenvalue weighted by atomic mass is 10.3. The van der Waals surface area contributed by atoms with Gasteiger partial charge in [-0.25, -0.2) is 4.98 Å². The molecule has 1 unspecified atom stereocenters. The van der Waals surface area contributed by atoms with Gasteiger partial charge in [-0.2, -0.15) is 4.37 Å². The molecule has 0 bridgehead atoms. The molecule has 4 nitrogen and oxygen atoms in total. The largest absolute Gasteiger partial charge is 0.377 e. The fourth-order valence-electron chi connectivity index (χ4n) is 1.72. The van der Waals surface area contributed by atoms with E-state index in [1.54, 1.807) is 0 Å². The molecule has 0 aliphatic carbocycles. The van der Waals surface area contributed by atoms with Crippen LogP contribution in [-0.4, -0.2) is 40.5 Å². The maximum absolute atomic E-state index is 5.46. The lowest BCUT2D eigenvalue weighted by Gasteiger charge is -2.33. The van der Waals surface area contributed by atoms with Crippen molar-refractivity contribution in [2.45, 2.75) is 25.8 Å². The first-order valence-electron chi connectivity index (χ1n) is 5.58. The first-order chi connectivity index (χ1) is 7.85. The summed E-state index contributed by atoms with van der Waals surface area (Å²) >= 11 is 5.02. The molecule has 90 valence electrons. The smallest absolute Gasteiger partial charge is 0.205 e. The highest BCUT2D eigenvalue weighted by Crippen LogP contribution is 2.23. The molecule has 1 aromatic heterocycles. The van der Waals surface area contributed by atoms with E-state index in [1.807, 2.05) is 0 Å². The molecule has 0 amide bonds. The summed E-state index contributed by atoms with van der Waals surface area (Å²) in [4.78, 5) is 6.88. The Morgan fingerprint density at radius 2 is 2.50 bits per heavy atom. The Hall–Kier alpha value is -0.200. The van der Waals surface area contributed by atoms with Gasteiger partial charge in [0.05, 0.1) is 19.3 Å². The van der Waals surface area contributed by atoms with Crippen LogP contribution in [0.15, 0.2) is 0 Å². The number of alkyl halides is 1. The molecule has 16 heavy (non-hydrogen) atoms. The zero-order chi connectivity index (χ0) is 11.4. The van der Waals surface area contributed by atoms with Crippen molar-refractivity contribution in [1.29, 1.82) is 0 Å². The molecule has 6 heteroatoms. The van der Waals surface area contributed by atoms with Gasteiger partial charge in [-0.3, -0.25) is 0 Å². The highest BCUT2D eigenvalue weighted by Gasteiger charge is 2.24. The molecule has 1 aliphatic rings. The maximum Gasteiger partial charge on any atom is 0.205 e. The molecule has 0 N–H and O–H groups in total. The minimum absolute atomic E-state index is 0.385. The molecule has 0 saturated carbocycles. The molecule has 1 aliphatic heterocycles. The van der Waals surface area contributed by atoms with Gasteiger partial charge >= 0.3 is 0 Å². The van der Waals surface area contributed by atoms with Crippen LogP contribution in [0, 0.1) is 0 Å². The summed E-state index contributed by atoms with van der Waals surface area (Å²) in [5.74, 6) is 0.974. The van der Waals surface area contributed by atoms with E-state index < -0.39 is 0 Å². The van der Waals surface area contributed by atoms with Gasteiger partial charge in [-0.05, 0) is 6.42 Å². The third-order valence-electron chi connectivity index (χ3n) is 2.58. The number of aryl methyl sites for hydroxylation is 1. The van der Waals surface area contributed by atoms with Crippen molar-refractivity contribution in [2.75, 3.05) is 30.0 Å². The Balaban J connectivity index is 2.08. The molecule has 1 aromatic rings. The van der Waals surface area contributed by atoms with Gasteiger partial charge in [0.25, 0.3) is 0 Å². The SMILES string of the molecule is CCCc1nsc(N2CCOCC2CBr)n1. The number of nitrogens with zero attached hydrogens (tertiary/aromatic N) is 3. The highest BCUT2D eigenvalue weighted by atomic mass is 79.9. The Labute approximate surface area is 108 Å². The van der Waals surface area contributed by atoms with Crippen LogP contribution >= 0.6 is 27.5 Å². The van der Waals surface area contributed by atoms with Crippen molar-refractivity contribution < 1.29 is 4.74 Å². The van der Waals surface area contributed by atoms with Gasteiger partial charge < -0.3 is 9.64 Å². The third-order valence-corrected chi connectivity index (χ3v) is 4.12. The van der Waals surface area contributed by atoms with E-state index in [2.05, 4.69) is 37.1 Å². The minimum Gasteiger partial charge on any atom is -0.377 e. The van der Waals surface area contributed by atoms with Crippen molar-refractivity contribution >= 4 is 32.6 Å². The van der Waals surface area contributed by atoms with E-state index in [0.29, 0.717) is 6.04 Å². The number of rotatable bonds is 4. The van der Waals surface area contributed by atoms with Crippen LogP contribution in [0.2, 0.25) is 0 Å². The first kappa shape index (κ1) is 12.3. The summed E-state index contributed by atoms with van der Waals surface area (Å²) in [6.45, 7) is 4.62. The normalized spacial score (nSPS) is 21.4. The van der Waals surface area contributed by atoms with Crippen LogP contribution in [0.4, 0.5) is 5.13 Å². The maximum atomic E-state index is 5.46. The average Bonchev–Trinajstić information content (AvgIpc) is 2.78. The number of hydrogen-bond acceptors (Lipinski definition) is 5. The molecule has 0 aromatic carbocycles. The van der Waals surface area contributed by atoms with Crippen molar-refractivity contribution in [3.8, 4) is 0 Å². The van der Waals surface area contributed by atoms with Crippen molar-refractivity contribution in [1.82, 2.24) is 9.36 Å². The second-order valence-corrected chi connectivity index (χ2v) is 5.20. The summed E-state index contributed by atoms with van der Waals surface area (Å²) in [5.41, 5.74) is 0. The summed E-state index contributed by atoms with van der Waals surface area (Å²) in [7, 11) is 0. The Morgan fingerprint density at radius 1 is 1.62 bits per heavy atom. The monoisotopic (exact) mass is 305 g/mol. The summed E-state index contributed by atoms with van der Waals surface area (Å²) in [5, 5.41) is 1.95. The number of anilines is 1. The van der Waals surface area contributed by atoms with Gasteiger partial charge in [0, 0.05) is 29.8 Å². The molecule has 0 spiro atoms. The fourth-order valence-corrected chi connectivity index (χ4v) is 3.07. The predicted octanol–water partition coefficient (Wildman–Crippen LogP) is 2.09. The Bertz CT molecular complexity index is 334. The van der Waals surface area contributed by atoms with Crippen LogP contribution in [0.3, 0.4) is 0 Å². The van der Waals surface area contributed by atoms with Gasteiger partial charge in [-0.15, -0.1) is 0 Å². The quantitative estimate of drug-likeness (QED) is 0.799. The fraction of sp³-hybridized carbons (Fsp3) is 0.800. The standard InChI is InChI=1S/C10H16BrN3OS/c1-2-3-9-12-10(16-13-9)14-4-5-15-7-8(14)6-11/h8H,2-7H2,1H3. The molecule has 1 fully saturated rings. The second kappa shape index (κ2) is 5.93. The van der Waals surface area contributed by atoms with Gasteiger partial charge in [0.15, 0.2) is 0 Å². The lowest BCUT2D eigenvalue weighted by molar-refractivity contribution is 0.100. The van der Waals surface area contributed by atoms with E-state index in [1.165, 1.54) is 11.5 Å². The molecule has 2 heterocycles. The van der Waals surface area contributed by atoms with E-state index >= 15 is 0 Å². The minimum atomic E-state index is 0.385. The Kier molecular flexibility index (Phi) is 4.55. The van der Waals surface area contributed by atoms with Gasteiger partial charge in [-0.1, -0.05) is 22.9 Å². The summed E-state index contributed by atoms with van der Waals surface area (Å²) in [6.07, 6.45) is 2.07. The van der Waals surface area contributed by atoms with E-state index in [0.717, 1.165) is 48.9 Å².